The second-order valence-electron chi connectivity index (χ2n) is 11.4. The van der Waals surface area contributed by atoms with Gasteiger partial charge in [-0.1, -0.05) is 72.8 Å². The zero-order valence-corrected chi connectivity index (χ0v) is 26.2. The molecule has 5 aromatic rings. The lowest BCUT2D eigenvalue weighted by Gasteiger charge is -2.19. The third kappa shape index (κ3) is 9.21. The molecule has 7 N–H and O–H groups in total. The van der Waals surface area contributed by atoms with E-state index in [0.717, 1.165) is 22.3 Å². The number of fused-ring (bicyclic) bond motifs is 1. The number of aromatic hydroxyl groups is 1. The van der Waals surface area contributed by atoms with E-state index in [1.54, 1.807) is 12.1 Å². The average Bonchev–Trinajstić information content (AvgIpc) is 3.09. The minimum atomic E-state index is -1.12. The van der Waals surface area contributed by atoms with Crippen molar-refractivity contribution in [2.24, 2.45) is 0 Å². The molecule has 0 spiro atoms. The molecule has 248 valence electrons. The van der Waals surface area contributed by atoms with Crippen LogP contribution >= 0.6 is 0 Å². The molecular formula is C37H38N4O7. The monoisotopic (exact) mass is 650 g/mol. The number of ether oxygens (including phenoxy) is 1. The van der Waals surface area contributed by atoms with E-state index in [1.807, 2.05) is 78.9 Å². The van der Waals surface area contributed by atoms with E-state index in [4.69, 9.17) is 4.74 Å². The fourth-order valence-corrected chi connectivity index (χ4v) is 5.42. The molecule has 48 heavy (non-hydrogen) atoms. The summed E-state index contributed by atoms with van der Waals surface area (Å²) in [5, 5.41) is 39.3. The molecule has 0 aliphatic rings. The van der Waals surface area contributed by atoms with Gasteiger partial charge in [-0.3, -0.25) is 9.59 Å². The Morgan fingerprint density at radius 3 is 2.35 bits per heavy atom. The summed E-state index contributed by atoms with van der Waals surface area (Å²) in [5.41, 5.74) is 3.93. The smallest absolute Gasteiger partial charge is 0.405 e. The number of carbonyl (C=O) groups is 2. The van der Waals surface area contributed by atoms with Crippen LogP contribution in [0.1, 0.15) is 46.4 Å². The molecule has 5 rings (SSSR count). The van der Waals surface area contributed by atoms with Crippen molar-refractivity contribution in [1.82, 2.24) is 20.9 Å². The number of rotatable bonds is 15. The van der Waals surface area contributed by atoms with Crippen molar-refractivity contribution in [2.75, 3.05) is 19.6 Å². The van der Waals surface area contributed by atoms with E-state index in [-0.39, 0.29) is 35.7 Å². The summed E-state index contributed by atoms with van der Waals surface area (Å²) in [7, 11) is 0. The molecule has 2 amide bonds. The molecule has 2 atom stereocenters. The first-order valence-corrected chi connectivity index (χ1v) is 15.6. The maximum absolute atomic E-state index is 12.5. The van der Waals surface area contributed by atoms with Crippen molar-refractivity contribution in [3.8, 4) is 11.5 Å². The summed E-state index contributed by atoms with van der Waals surface area (Å²) in [6.07, 6.45) is -1.06. The number of aliphatic hydroxyl groups excluding tert-OH is 1. The standard InChI is InChI=1S/C37H38N4O7/c42-31-16-14-29(30-15-17-33(44)40-36(30)31)32(43)22-38-18-5-19-39-34(45)20-24-10-12-25(13-11-24)23-48-28-9-4-8-27(21-28)35(41-37(46)47)26-6-2-1-3-7-26/h1-4,6-17,21,32,35,38,41-43H,5,18-20,22-23H2,(H,39,45)(H,40,44)(H,46,47)/t32-,35-/m0/s1. The van der Waals surface area contributed by atoms with Crippen LogP contribution in [0, 0.1) is 0 Å². The number of aliphatic hydroxyl groups is 1. The first-order valence-electron chi connectivity index (χ1n) is 15.6. The number of pyridine rings is 1. The third-order valence-electron chi connectivity index (χ3n) is 7.84. The maximum Gasteiger partial charge on any atom is 0.405 e. The molecule has 0 bridgehead atoms. The van der Waals surface area contributed by atoms with Crippen LogP contribution in [0.15, 0.2) is 108 Å². The number of hydrogen-bond acceptors (Lipinski definition) is 7. The number of amides is 2. The molecule has 0 saturated carbocycles. The van der Waals surface area contributed by atoms with Gasteiger partial charge in [0.05, 0.1) is 24.1 Å². The number of nitrogens with one attached hydrogen (secondary N) is 4. The number of carboxylic acid groups (broad SMARTS) is 1. The molecule has 0 aliphatic heterocycles. The summed E-state index contributed by atoms with van der Waals surface area (Å²) in [6.45, 7) is 1.63. The average molecular weight is 651 g/mol. The largest absolute Gasteiger partial charge is 0.506 e. The van der Waals surface area contributed by atoms with E-state index < -0.39 is 18.2 Å². The van der Waals surface area contributed by atoms with Crippen LogP contribution in [0.3, 0.4) is 0 Å². The predicted molar refractivity (Wildman–Crippen MR) is 182 cm³/mol. The number of carbonyl (C=O) groups excluding carboxylic acids is 1. The predicted octanol–water partition coefficient (Wildman–Crippen LogP) is 4.54. The topological polar surface area (TPSA) is 173 Å². The van der Waals surface area contributed by atoms with Gasteiger partial charge in [0.25, 0.3) is 0 Å². The zero-order valence-electron chi connectivity index (χ0n) is 26.2. The summed E-state index contributed by atoms with van der Waals surface area (Å²) < 4.78 is 6.00. The number of phenolic OH excluding ortho intramolecular Hbond substituents is 1. The molecular weight excluding hydrogens is 612 g/mol. The molecule has 4 aromatic carbocycles. The lowest BCUT2D eigenvalue weighted by atomic mass is 9.98. The molecule has 11 nitrogen and oxygen atoms in total. The van der Waals surface area contributed by atoms with Crippen LogP contribution in [-0.4, -0.2) is 51.9 Å². The van der Waals surface area contributed by atoms with Gasteiger partial charge in [0.15, 0.2) is 0 Å². The normalized spacial score (nSPS) is 12.3. The van der Waals surface area contributed by atoms with E-state index in [9.17, 15) is 29.7 Å². The number of aromatic amines is 1. The minimum Gasteiger partial charge on any atom is -0.506 e. The number of benzene rings is 4. The minimum absolute atomic E-state index is 0.0583. The number of phenols is 1. The van der Waals surface area contributed by atoms with Gasteiger partial charge in [-0.2, -0.15) is 0 Å². The highest BCUT2D eigenvalue weighted by Gasteiger charge is 2.17. The van der Waals surface area contributed by atoms with Gasteiger partial charge in [0.1, 0.15) is 18.1 Å². The Kier molecular flexibility index (Phi) is 11.4. The van der Waals surface area contributed by atoms with E-state index in [0.29, 0.717) is 42.8 Å². The fraction of sp³-hybridized carbons (Fsp3) is 0.216. The Hall–Kier alpha value is -5.65. The van der Waals surface area contributed by atoms with Crippen LogP contribution in [-0.2, 0) is 17.8 Å². The van der Waals surface area contributed by atoms with Gasteiger partial charge in [-0.25, -0.2) is 4.79 Å². The molecule has 0 aliphatic carbocycles. The Bertz CT molecular complexity index is 1890. The zero-order chi connectivity index (χ0) is 33.9. The molecule has 1 aromatic heterocycles. The Morgan fingerprint density at radius 1 is 0.833 bits per heavy atom. The van der Waals surface area contributed by atoms with Crippen molar-refractivity contribution >= 4 is 22.9 Å². The second kappa shape index (κ2) is 16.3. The second-order valence-corrected chi connectivity index (χ2v) is 11.4. The summed E-state index contributed by atoms with van der Waals surface area (Å²) in [6, 6.07) is 29.8. The van der Waals surface area contributed by atoms with Crippen LogP contribution < -0.4 is 26.2 Å². The molecule has 0 unspecified atom stereocenters. The molecule has 1 heterocycles. The van der Waals surface area contributed by atoms with Crippen LogP contribution in [0.25, 0.3) is 10.9 Å². The molecule has 0 fully saturated rings. The van der Waals surface area contributed by atoms with E-state index in [2.05, 4.69) is 20.9 Å². The van der Waals surface area contributed by atoms with Crippen LogP contribution in [0.5, 0.6) is 11.5 Å². The first-order chi connectivity index (χ1) is 23.3. The lowest BCUT2D eigenvalue weighted by molar-refractivity contribution is -0.120. The Morgan fingerprint density at radius 2 is 1.58 bits per heavy atom. The number of aromatic nitrogens is 1. The highest BCUT2D eigenvalue weighted by Crippen LogP contribution is 2.29. The van der Waals surface area contributed by atoms with Crippen LogP contribution in [0.4, 0.5) is 4.79 Å². The van der Waals surface area contributed by atoms with Crippen LogP contribution in [0.2, 0.25) is 0 Å². The summed E-state index contributed by atoms with van der Waals surface area (Å²) >= 11 is 0. The van der Waals surface area contributed by atoms with Crippen molar-refractivity contribution in [2.45, 2.75) is 31.6 Å². The molecule has 11 heteroatoms. The quantitative estimate of drug-likeness (QED) is 0.0809. The Balaban J connectivity index is 1.03. The first kappa shape index (κ1) is 33.7. The number of hydrogen-bond donors (Lipinski definition) is 7. The van der Waals surface area contributed by atoms with Gasteiger partial charge in [-0.05, 0) is 65.0 Å². The van der Waals surface area contributed by atoms with Crippen molar-refractivity contribution in [1.29, 1.82) is 0 Å². The number of H-pyrrole nitrogens is 1. The molecule has 0 saturated heterocycles. The van der Waals surface area contributed by atoms with E-state index >= 15 is 0 Å². The third-order valence-corrected chi connectivity index (χ3v) is 7.84. The maximum atomic E-state index is 12.5. The van der Waals surface area contributed by atoms with E-state index in [1.165, 1.54) is 12.1 Å². The van der Waals surface area contributed by atoms with Gasteiger partial charge in [0, 0.05) is 24.5 Å². The SMILES string of the molecule is O=C(O)N[C@@H](c1ccccc1)c1cccc(OCc2ccc(CC(=O)NCCCNC[C@H](O)c3ccc(O)c4[nH]c(=O)ccc34)cc2)c1. The fourth-order valence-electron chi connectivity index (χ4n) is 5.42. The highest BCUT2D eigenvalue weighted by molar-refractivity contribution is 5.87. The van der Waals surface area contributed by atoms with Crippen molar-refractivity contribution < 1.29 is 29.6 Å². The lowest BCUT2D eigenvalue weighted by Crippen LogP contribution is -2.29. The van der Waals surface area contributed by atoms with Gasteiger partial charge < -0.3 is 41.0 Å². The highest BCUT2D eigenvalue weighted by atomic mass is 16.5. The summed E-state index contributed by atoms with van der Waals surface area (Å²) in [5.74, 6) is 0.458. The van der Waals surface area contributed by atoms with Crippen molar-refractivity contribution in [3.05, 3.63) is 141 Å². The summed E-state index contributed by atoms with van der Waals surface area (Å²) in [4.78, 5) is 38.1. The molecule has 0 radical (unpaired) electrons. The van der Waals surface area contributed by atoms with Gasteiger partial charge in [0.2, 0.25) is 11.5 Å². The Labute approximate surface area is 277 Å². The van der Waals surface area contributed by atoms with Gasteiger partial charge in [-0.15, -0.1) is 0 Å². The van der Waals surface area contributed by atoms with Crippen molar-refractivity contribution in [3.63, 3.8) is 0 Å². The van der Waals surface area contributed by atoms with Gasteiger partial charge >= 0.3 is 6.09 Å².